The Kier molecular flexibility index (Phi) is 7.50. The first-order valence-corrected chi connectivity index (χ1v) is 5.83. The third-order valence-corrected chi connectivity index (χ3v) is 2.27. The molecule has 0 saturated heterocycles. The van der Waals surface area contributed by atoms with Gasteiger partial charge in [0.15, 0.2) is 0 Å². The molecule has 3 amide bonds. The van der Waals surface area contributed by atoms with Gasteiger partial charge in [-0.1, -0.05) is 6.92 Å². The molecule has 0 aliphatic rings. The number of carboxylic acids is 1. The highest BCUT2D eigenvalue weighted by atomic mass is 16.4. The van der Waals surface area contributed by atoms with E-state index < -0.39 is 5.97 Å². The Morgan fingerprint density at radius 3 is 2.28 bits per heavy atom. The maximum absolute atomic E-state index is 11.7. The van der Waals surface area contributed by atoms with E-state index in [0.29, 0.717) is 6.54 Å². The van der Waals surface area contributed by atoms with Crippen LogP contribution in [0.3, 0.4) is 0 Å². The minimum absolute atomic E-state index is 0.0315. The second-order valence-corrected chi connectivity index (χ2v) is 4.05. The molecule has 7 heteroatoms. The molecule has 0 fully saturated rings. The maximum Gasteiger partial charge on any atom is 0.319 e. The van der Waals surface area contributed by atoms with E-state index in [1.54, 1.807) is 0 Å². The van der Waals surface area contributed by atoms with Gasteiger partial charge in [0.25, 0.3) is 0 Å². The number of rotatable bonds is 7. The Morgan fingerprint density at radius 2 is 1.78 bits per heavy atom. The largest absolute Gasteiger partial charge is 0.481 e. The molecule has 0 rings (SSSR count). The van der Waals surface area contributed by atoms with Gasteiger partial charge in [0.2, 0.25) is 5.91 Å². The third kappa shape index (κ3) is 6.72. The Hall–Kier alpha value is -1.79. The molecule has 0 spiro atoms. The lowest BCUT2D eigenvalue weighted by Crippen LogP contribution is -2.44. The number of carboxylic acid groups (broad SMARTS) is 1. The average Bonchev–Trinajstić information content (AvgIpc) is 2.32. The van der Waals surface area contributed by atoms with Crippen LogP contribution < -0.4 is 5.32 Å². The van der Waals surface area contributed by atoms with E-state index in [0.717, 1.165) is 6.42 Å². The average molecular weight is 259 g/mol. The van der Waals surface area contributed by atoms with Gasteiger partial charge in [-0.3, -0.25) is 9.59 Å². The minimum Gasteiger partial charge on any atom is -0.481 e. The van der Waals surface area contributed by atoms with Crippen LogP contribution in [-0.4, -0.2) is 66.5 Å². The van der Waals surface area contributed by atoms with E-state index in [9.17, 15) is 14.4 Å². The fraction of sp³-hybridized carbons (Fsp3) is 0.727. The predicted octanol–water partition coefficient (Wildman–Crippen LogP) is -0.0291. The van der Waals surface area contributed by atoms with Gasteiger partial charge < -0.3 is 20.2 Å². The zero-order valence-electron chi connectivity index (χ0n) is 11.1. The van der Waals surface area contributed by atoms with E-state index >= 15 is 0 Å². The summed E-state index contributed by atoms with van der Waals surface area (Å²) in [6.45, 7) is 2.61. The summed E-state index contributed by atoms with van der Waals surface area (Å²) in [7, 11) is 3.01. The van der Waals surface area contributed by atoms with Crippen molar-refractivity contribution in [2.45, 2.75) is 19.8 Å². The summed E-state index contributed by atoms with van der Waals surface area (Å²) < 4.78 is 0. The summed E-state index contributed by atoms with van der Waals surface area (Å²) in [4.78, 5) is 36.0. The molecule has 0 radical (unpaired) electrons. The van der Waals surface area contributed by atoms with Crippen molar-refractivity contribution in [2.24, 2.45) is 0 Å². The van der Waals surface area contributed by atoms with Crippen molar-refractivity contribution >= 4 is 17.9 Å². The number of amides is 3. The Bertz CT molecular complexity index is 307. The lowest BCUT2D eigenvalue weighted by molar-refractivity contribution is -0.137. The molecule has 0 heterocycles. The molecule has 7 nitrogen and oxygen atoms in total. The molecular weight excluding hydrogens is 238 g/mol. The molecule has 0 unspecified atom stereocenters. The predicted molar refractivity (Wildman–Crippen MR) is 66.2 cm³/mol. The number of nitrogens with zero attached hydrogens (tertiary/aromatic N) is 2. The number of hydrogen-bond donors (Lipinski definition) is 2. The zero-order chi connectivity index (χ0) is 14.1. The fourth-order valence-electron chi connectivity index (χ4n) is 1.25. The van der Waals surface area contributed by atoms with Crippen molar-refractivity contribution in [3.05, 3.63) is 0 Å². The molecule has 0 aliphatic carbocycles. The Labute approximate surface area is 107 Å². The van der Waals surface area contributed by atoms with Gasteiger partial charge in [-0.25, -0.2) is 4.79 Å². The normalized spacial score (nSPS) is 9.72. The van der Waals surface area contributed by atoms with Crippen LogP contribution in [0, 0.1) is 0 Å². The van der Waals surface area contributed by atoms with Crippen molar-refractivity contribution < 1.29 is 19.5 Å². The maximum atomic E-state index is 11.7. The zero-order valence-corrected chi connectivity index (χ0v) is 11.1. The molecule has 104 valence electrons. The summed E-state index contributed by atoms with van der Waals surface area (Å²) in [6.07, 6.45) is 0.722. The SMILES string of the molecule is CCCNC(=O)CN(C)C(=O)N(C)CCC(=O)O. The summed E-state index contributed by atoms with van der Waals surface area (Å²) in [5, 5.41) is 11.2. The molecule has 0 aliphatic heterocycles. The van der Waals surface area contributed by atoms with E-state index in [4.69, 9.17) is 5.11 Å². The van der Waals surface area contributed by atoms with Crippen molar-refractivity contribution in [2.75, 3.05) is 33.7 Å². The standard InChI is InChI=1S/C11H21N3O4/c1-4-6-12-9(15)8-14(3)11(18)13(2)7-5-10(16)17/h4-8H2,1-3H3,(H,12,15)(H,16,17). The van der Waals surface area contributed by atoms with E-state index in [-0.39, 0.29) is 31.4 Å². The number of aliphatic carboxylic acids is 1. The lowest BCUT2D eigenvalue weighted by Gasteiger charge is -2.24. The summed E-state index contributed by atoms with van der Waals surface area (Å²) in [5.41, 5.74) is 0. The monoisotopic (exact) mass is 259 g/mol. The van der Waals surface area contributed by atoms with Crippen LogP contribution in [-0.2, 0) is 9.59 Å². The molecular formula is C11H21N3O4. The Morgan fingerprint density at radius 1 is 1.17 bits per heavy atom. The summed E-state index contributed by atoms with van der Waals surface area (Å²) in [5.74, 6) is -1.18. The van der Waals surface area contributed by atoms with Crippen LogP contribution in [0.4, 0.5) is 4.79 Å². The van der Waals surface area contributed by atoms with Crippen LogP contribution in [0.25, 0.3) is 0 Å². The van der Waals surface area contributed by atoms with Gasteiger partial charge in [-0.15, -0.1) is 0 Å². The van der Waals surface area contributed by atoms with Crippen LogP contribution in [0.2, 0.25) is 0 Å². The van der Waals surface area contributed by atoms with Crippen molar-refractivity contribution in [3.63, 3.8) is 0 Å². The number of carbonyl (C=O) groups is 3. The highest BCUT2D eigenvalue weighted by Gasteiger charge is 2.17. The van der Waals surface area contributed by atoms with Crippen LogP contribution in [0.5, 0.6) is 0 Å². The quantitative estimate of drug-likeness (QED) is 0.672. The number of carbonyl (C=O) groups excluding carboxylic acids is 2. The number of urea groups is 1. The molecule has 18 heavy (non-hydrogen) atoms. The number of likely N-dealkylation sites (N-methyl/N-ethyl adjacent to an activating group) is 1. The van der Waals surface area contributed by atoms with Crippen molar-refractivity contribution in [3.8, 4) is 0 Å². The van der Waals surface area contributed by atoms with Gasteiger partial charge in [0.05, 0.1) is 6.42 Å². The number of nitrogens with one attached hydrogen (secondary N) is 1. The minimum atomic E-state index is -0.960. The Balaban J connectivity index is 4.08. The molecule has 0 aromatic heterocycles. The molecule has 0 saturated carbocycles. The number of hydrogen-bond acceptors (Lipinski definition) is 3. The third-order valence-electron chi connectivity index (χ3n) is 2.27. The van der Waals surface area contributed by atoms with Crippen LogP contribution in [0.1, 0.15) is 19.8 Å². The van der Waals surface area contributed by atoms with Gasteiger partial charge in [0.1, 0.15) is 6.54 Å². The summed E-state index contributed by atoms with van der Waals surface area (Å²) in [6, 6.07) is -0.372. The second kappa shape index (κ2) is 8.32. The molecule has 0 aromatic carbocycles. The van der Waals surface area contributed by atoms with E-state index in [2.05, 4.69) is 5.32 Å². The topological polar surface area (TPSA) is 90.0 Å². The van der Waals surface area contributed by atoms with Crippen LogP contribution in [0.15, 0.2) is 0 Å². The van der Waals surface area contributed by atoms with Crippen molar-refractivity contribution in [1.29, 1.82) is 0 Å². The fourth-order valence-corrected chi connectivity index (χ4v) is 1.25. The summed E-state index contributed by atoms with van der Waals surface area (Å²) >= 11 is 0. The molecule has 0 atom stereocenters. The first-order valence-electron chi connectivity index (χ1n) is 5.83. The highest BCUT2D eigenvalue weighted by Crippen LogP contribution is 1.95. The molecule has 0 aromatic rings. The molecule has 0 bridgehead atoms. The van der Waals surface area contributed by atoms with Gasteiger partial charge in [0, 0.05) is 27.2 Å². The van der Waals surface area contributed by atoms with Gasteiger partial charge in [-0.05, 0) is 6.42 Å². The second-order valence-electron chi connectivity index (χ2n) is 4.05. The lowest BCUT2D eigenvalue weighted by atomic mass is 10.4. The first-order chi connectivity index (χ1) is 8.38. The van der Waals surface area contributed by atoms with E-state index in [1.165, 1.54) is 23.9 Å². The highest BCUT2D eigenvalue weighted by molar-refractivity contribution is 5.83. The van der Waals surface area contributed by atoms with Crippen LogP contribution >= 0.6 is 0 Å². The molecule has 2 N–H and O–H groups in total. The van der Waals surface area contributed by atoms with E-state index in [1.807, 2.05) is 6.92 Å². The van der Waals surface area contributed by atoms with Crippen molar-refractivity contribution in [1.82, 2.24) is 15.1 Å². The first kappa shape index (κ1) is 16.2. The van der Waals surface area contributed by atoms with Gasteiger partial charge in [-0.2, -0.15) is 0 Å². The smallest absolute Gasteiger partial charge is 0.319 e. The van der Waals surface area contributed by atoms with Gasteiger partial charge >= 0.3 is 12.0 Å².